The zero-order valence-electron chi connectivity index (χ0n) is 11.9. The Kier molecular flexibility index (Phi) is 4.92. The van der Waals surface area contributed by atoms with E-state index in [4.69, 9.17) is 5.73 Å². The van der Waals surface area contributed by atoms with Crippen molar-refractivity contribution in [2.24, 2.45) is 5.73 Å². The van der Waals surface area contributed by atoms with Crippen LogP contribution in [0.25, 0.3) is 0 Å². The first kappa shape index (κ1) is 15.5. The van der Waals surface area contributed by atoms with Crippen LogP contribution in [-0.4, -0.2) is 19.7 Å². The highest BCUT2D eigenvalue weighted by molar-refractivity contribution is 7.98. The molecule has 0 amide bonds. The third kappa shape index (κ3) is 3.59. The number of hydrogen-bond acceptors (Lipinski definition) is 6. The van der Waals surface area contributed by atoms with Gasteiger partial charge in [-0.05, 0) is 19.4 Å². The highest BCUT2D eigenvalue weighted by Crippen LogP contribution is 2.25. The Labute approximate surface area is 126 Å². The number of nitrogens with two attached hydrogens (primary N) is 1. The summed E-state index contributed by atoms with van der Waals surface area (Å²) in [6.07, 6.45) is 0. The number of nitrogens with zero attached hydrogens (tertiary/aromatic N) is 4. The molecule has 2 rings (SSSR count). The molecular weight excluding hydrogens is 290 g/mol. The van der Waals surface area contributed by atoms with Crippen molar-refractivity contribution in [3.63, 3.8) is 0 Å². The van der Waals surface area contributed by atoms with Crippen LogP contribution in [-0.2, 0) is 12.3 Å². The number of hydrogen-bond donors (Lipinski definition) is 1. The van der Waals surface area contributed by atoms with Gasteiger partial charge in [-0.25, -0.2) is 0 Å². The predicted octanol–water partition coefficient (Wildman–Crippen LogP) is 2.52. The molecule has 21 heavy (non-hydrogen) atoms. The van der Waals surface area contributed by atoms with Crippen molar-refractivity contribution in [1.29, 1.82) is 0 Å². The van der Waals surface area contributed by atoms with Crippen molar-refractivity contribution < 1.29 is 4.92 Å². The molecule has 112 valence electrons. The third-order valence-electron chi connectivity index (χ3n) is 2.95. The van der Waals surface area contributed by atoms with Crippen molar-refractivity contribution in [3.8, 4) is 0 Å². The molecule has 1 aromatic heterocycles. The first-order valence-electron chi connectivity index (χ1n) is 6.53. The number of thioether (sulfide) groups is 1. The van der Waals surface area contributed by atoms with Crippen LogP contribution in [0.1, 0.15) is 31.3 Å². The fourth-order valence-corrected chi connectivity index (χ4v) is 2.97. The smallest absolute Gasteiger partial charge is 0.269 e. The molecule has 0 saturated heterocycles. The average molecular weight is 307 g/mol. The minimum Gasteiger partial charge on any atom is -0.324 e. The van der Waals surface area contributed by atoms with Gasteiger partial charge in [0, 0.05) is 23.9 Å². The van der Waals surface area contributed by atoms with Gasteiger partial charge in [-0.15, -0.1) is 10.2 Å². The second-order valence-electron chi connectivity index (χ2n) is 4.78. The SMILES string of the molecule is CC(C)n1c(CN)nnc1SCc1ccc([N+](=O)[O-])cc1. The molecule has 7 nitrogen and oxygen atoms in total. The maximum Gasteiger partial charge on any atom is 0.269 e. The highest BCUT2D eigenvalue weighted by Gasteiger charge is 2.14. The van der Waals surface area contributed by atoms with Crippen LogP contribution in [0.5, 0.6) is 0 Å². The second kappa shape index (κ2) is 6.68. The summed E-state index contributed by atoms with van der Waals surface area (Å²) >= 11 is 1.54. The van der Waals surface area contributed by atoms with Crippen molar-refractivity contribution >= 4 is 17.4 Å². The van der Waals surface area contributed by atoms with Gasteiger partial charge >= 0.3 is 0 Å². The van der Waals surface area contributed by atoms with Crippen LogP contribution >= 0.6 is 11.8 Å². The predicted molar refractivity (Wildman–Crippen MR) is 81.0 cm³/mol. The number of benzene rings is 1. The normalized spacial score (nSPS) is 11.0. The zero-order chi connectivity index (χ0) is 15.4. The van der Waals surface area contributed by atoms with E-state index in [-0.39, 0.29) is 11.7 Å². The standard InChI is InChI=1S/C13H17N5O2S/c1-9(2)17-12(7-14)15-16-13(17)21-8-10-3-5-11(6-4-10)18(19)20/h3-6,9H,7-8,14H2,1-2H3. The van der Waals surface area contributed by atoms with E-state index in [1.807, 2.05) is 4.57 Å². The fraction of sp³-hybridized carbons (Fsp3) is 0.385. The molecule has 2 N–H and O–H groups in total. The van der Waals surface area contributed by atoms with Crippen LogP contribution in [0.3, 0.4) is 0 Å². The van der Waals surface area contributed by atoms with E-state index < -0.39 is 4.92 Å². The third-order valence-corrected chi connectivity index (χ3v) is 3.96. The van der Waals surface area contributed by atoms with Gasteiger partial charge in [-0.3, -0.25) is 10.1 Å². The van der Waals surface area contributed by atoms with Gasteiger partial charge in [0.2, 0.25) is 0 Å². The molecule has 1 heterocycles. The summed E-state index contributed by atoms with van der Waals surface area (Å²) in [7, 11) is 0. The van der Waals surface area contributed by atoms with Gasteiger partial charge in [0.25, 0.3) is 5.69 Å². The second-order valence-corrected chi connectivity index (χ2v) is 5.72. The van der Waals surface area contributed by atoms with Crippen molar-refractivity contribution in [1.82, 2.24) is 14.8 Å². The molecule has 0 fully saturated rings. The van der Waals surface area contributed by atoms with E-state index in [1.54, 1.807) is 23.9 Å². The van der Waals surface area contributed by atoms with E-state index in [0.717, 1.165) is 16.5 Å². The molecule has 0 aliphatic carbocycles. The molecular formula is C13H17N5O2S. The molecule has 0 aliphatic heterocycles. The summed E-state index contributed by atoms with van der Waals surface area (Å²) in [5.41, 5.74) is 6.75. The number of non-ortho nitro benzene ring substituents is 1. The lowest BCUT2D eigenvalue weighted by molar-refractivity contribution is -0.384. The van der Waals surface area contributed by atoms with Crippen LogP contribution in [0, 0.1) is 10.1 Å². The molecule has 2 aromatic rings. The van der Waals surface area contributed by atoms with Crippen molar-refractivity contribution in [3.05, 3.63) is 45.8 Å². The Morgan fingerprint density at radius 2 is 2.00 bits per heavy atom. The molecule has 0 unspecified atom stereocenters. The first-order valence-corrected chi connectivity index (χ1v) is 7.51. The Bertz CT molecular complexity index is 624. The van der Waals surface area contributed by atoms with Crippen LogP contribution in [0.2, 0.25) is 0 Å². The van der Waals surface area contributed by atoms with E-state index in [2.05, 4.69) is 24.0 Å². The average Bonchev–Trinajstić information content (AvgIpc) is 2.88. The summed E-state index contributed by atoms with van der Waals surface area (Å²) in [4.78, 5) is 10.2. The van der Waals surface area contributed by atoms with Gasteiger partial charge in [0.1, 0.15) is 5.82 Å². The topological polar surface area (TPSA) is 99.9 Å². The van der Waals surface area contributed by atoms with Gasteiger partial charge < -0.3 is 10.3 Å². The summed E-state index contributed by atoms with van der Waals surface area (Å²) in [6.45, 7) is 4.46. The number of nitro groups is 1. The summed E-state index contributed by atoms with van der Waals surface area (Å²) in [5.74, 6) is 1.43. The van der Waals surface area contributed by atoms with Gasteiger partial charge in [0.05, 0.1) is 11.5 Å². The maximum absolute atomic E-state index is 10.6. The Morgan fingerprint density at radius 1 is 1.33 bits per heavy atom. The Balaban J connectivity index is 2.09. The van der Waals surface area contributed by atoms with Gasteiger partial charge in [0.15, 0.2) is 5.16 Å². The minimum atomic E-state index is -0.403. The summed E-state index contributed by atoms with van der Waals surface area (Å²) in [5, 5.41) is 19.7. The van der Waals surface area contributed by atoms with Gasteiger partial charge in [-0.2, -0.15) is 0 Å². The quantitative estimate of drug-likeness (QED) is 0.500. The van der Waals surface area contributed by atoms with Gasteiger partial charge in [-0.1, -0.05) is 23.9 Å². The lowest BCUT2D eigenvalue weighted by Gasteiger charge is -2.12. The number of aromatic nitrogens is 3. The Morgan fingerprint density at radius 3 is 2.52 bits per heavy atom. The molecule has 0 atom stereocenters. The molecule has 0 radical (unpaired) electrons. The molecule has 8 heteroatoms. The lowest BCUT2D eigenvalue weighted by Crippen LogP contribution is -2.11. The molecule has 0 bridgehead atoms. The Hall–Kier alpha value is -1.93. The maximum atomic E-state index is 10.6. The minimum absolute atomic E-state index is 0.0968. The van der Waals surface area contributed by atoms with Crippen LogP contribution in [0.15, 0.2) is 29.4 Å². The van der Waals surface area contributed by atoms with E-state index >= 15 is 0 Å². The first-order chi connectivity index (χ1) is 10.0. The summed E-state index contributed by atoms with van der Waals surface area (Å²) in [6, 6.07) is 6.76. The molecule has 0 spiro atoms. The zero-order valence-corrected chi connectivity index (χ0v) is 12.7. The monoisotopic (exact) mass is 307 g/mol. The largest absolute Gasteiger partial charge is 0.324 e. The lowest BCUT2D eigenvalue weighted by atomic mass is 10.2. The van der Waals surface area contributed by atoms with Crippen LogP contribution in [0.4, 0.5) is 5.69 Å². The number of rotatable bonds is 6. The highest BCUT2D eigenvalue weighted by atomic mass is 32.2. The van der Waals surface area contributed by atoms with Crippen molar-refractivity contribution in [2.45, 2.75) is 37.3 Å². The molecule has 1 aromatic carbocycles. The molecule has 0 saturated carbocycles. The van der Waals surface area contributed by atoms with Crippen LogP contribution < -0.4 is 5.73 Å². The fourth-order valence-electron chi connectivity index (χ4n) is 1.93. The van der Waals surface area contributed by atoms with E-state index in [9.17, 15) is 10.1 Å². The number of nitro benzene ring substituents is 1. The molecule has 0 aliphatic rings. The summed E-state index contributed by atoms with van der Waals surface area (Å²) < 4.78 is 2.01. The van der Waals surface area contributed by atoms with Crippen molar-refractivity contribution in [2.75, 3.05) is 0 Å². The van der Waals surface area contributed by atoms with E-state index in [1.165, 1.54) is 12.1 Å². The van der Waals surface area contributed by atoms with E-state index in [0.29, 0.717) is 12.3 Å².